The van der Waals surface area contributed by atoms with Gasteiger partial charge in [-0.05, 0) is 20.3 Å². The number of nitrogens with one attached hydrogen (secondary N) is 1. The lowest BCUT2D eigenvalue weighted by atomic mass is 10.0. The molecule has 0 spiro atoms. The molecule has 2 aromatic rings. The lowest BCUT2D eigenvalue weighted by Gasteiger charge is -2.26. The van der Waals surface area contributed by atoms with Crippen molar-refractivity contribution >= 4 is 23.2 Å². The Balaban J connectivity index is 2.09. The van der Waals surface area contributed by atoms with E-state index in [9.17, 15) is 0 Å². The molecule has 0 saturated carbocycles. The molecule has 96 valence electrons. The molecule has 7 heteroatoms. The summed E-state index contributed by atoms with van der Waals surface area (Å²) in [4.78, 5) is 8.24. The molecular weight excluding hydrogens is 254 g/mol. The minimum absolute atomic E-state index is 0.103. The summed E-state index contributed by atoms with van der Waals surface area (Å²) in [7, 11) is 0. The van der Waals surface area contributed by atoms with Crippen molar-refractivity contribution in [2.45, 2.75) is 25.8 Å². The van der Waals surface area contributed by atoms with Crippen molar-refractivity contribution in [2.24, 2.45) is 0 Å². The molecule has 0 bridgehead atoms. The van der Waals surface area contributed by atoms with Crippen LogP contribution in [0.4, 0.5) is 5.82 Å². The Labute approximate surface area is 109 Å². The van der Waals surface area contributed by atoms with Crippen LogP contribution in [0.3, 0.4) is 0 Å². The van der Waals surface area contributed by atoms with Crippen LogP contribution < -0.4 is 5.32 Å². The van der Waals surface area contributed by atoms with Crippen molar-refractivity contribution in [3.05, 3.63) is 17.0 Å². The standard InChI is InChI=1S/C11H14ClN5O/c1-7-8(12)15-10-13-6-14-17(10)9(7)16-11(2)3-4-18-5-11/h6,16H,3-5H2,1-2H3. The third-order valence-electron chi connectivity index (χ3n) is 3.24. The molecule has 3 rings (SSSR count). The molecule has 1 unspecified atom stereocenters. The molecule has 1 fully saturated rings. The van der Waals surface area contributed by atoms with Gasteiger partial charge in [0.25, 0.3) is 5.78 Å². The fraction of sp³-hybridized carbons (Fsp3) is 0.545. The van der Waals surface area contributed by atoms with Gasteiger partial charge < -0.3 is 10.1 Å². The smallest absolute Gasteiger partial charge is 0.255 e. The summed E-state index contributed by atoms with van der Waals surface area (Å²) in [6.07, 6.45) is 2.42. The van der Waals surface area contributed by atoms with Gasteiger partial charge in [-0.1, -0.05) is 11.6 Å². The van der Waals surface area contributed by atoms with Crippen LogP contribution in [0.2, 0.25) is 5.15 Å². The zero-order valence-corrected chi connectivity index (χ0v) is 11.0. The number of ether oxygens (including phenoxy) is 1. The van der Waals surface area contributed by atoms with E-state index in [-0.39, 0.29) is 5.54 Å². The van der Waals surface area contributed by atoms with E-state index in [1.54, 1.807) is 4.52 Å². The van der Waals surface area contributed by atoms with Crippen molar-refractivity contribution in [1.82, 2.24) is 19.6 Å². The van der Waals surface area contributed by atoms with E-state index < -0.39 is 0 Å². The largest absolute Gasteiger partial charge is 0.379 e. The molecule has 1 atom stereocenters. The molecular formula is C11H14ClN5O. The Morgan fingerprint density at radius 1 is 1.56 bits per heavy atom. The second-order valence-electron chi connectivity index (χ2n) is 4.84. The predicted molar refractivity (Wildman–Crippen MR) is 68.0 cm³/mol. The topological polar surface area (TPSA) is 64.3 Å². The van der Waals surface area contributed by atoms with Gasteiger partial charge in [-0.15, -0.1) is 0 Å². The molecule has 1 aliphatic heterocycles. The number of hydrogen-bond donors (Lipinski definition) is 1. The van der Waals surface area contributed by atoms with Crippen molar-refractivity contribution in [1.29, 1.82) is 0 Å². The first-order chi connectivity index (χ1) is 8.59. The maximum atomic E-state index is 6.12. The van der Waals surface area contributed by atoms with Gasteiger partial charge in [0.05, 0.1) is 12.1 Å². The number of rotatable bonds is 2. The second-order valence-corrected chi connectivity index (χ2v) is 5.19. The molecule has 1 saturated heterocycles. The van der Waals surface area contributed by atoms with Crippen LogP contribution in [0, 0.1) is 6.92 Å². The summed E-state index contributed by atoms with van der Waals surface area (Å²) in [5.41, 5.74) is 0.761. The van der Waals surface area contributed by atoms with Gasteiger partial charge in [0.15, 0.2) is 0 Å². The number of anilines is 1. The van der Waals surface area contributed by atoms with E-state index in [1.165, 1.54) is 6.33 Å². The first-order valence-corrected chi connectivity index (χ1v) is 6.19. The van der Waals surface area contributed by atoms with Crippen LogP contribution in [-0.2, 0) is 4.74 Å². The Morgan fingerprint density at radius 3 is 3.11 bits per heavy atom. The summed E-state index contributed by atoms with van der Waals surface area (Å²) < 4.78 is 7.11. The number of hydrogen-bond acceptors (Lipinski definition) is 5. The highest BCUT2D eigenvalue weighted by atomic mass is 35.5. The third-order valence-corrected chi connectivity index (χ3v) is 3.61. The maximum Gasteiger partial charge on any atom is 0.255 e. The number of aromatic nitrogens is 4. The highest BCUT2D eigenvalue weighted by Crippen LogP contribution is 2.28. The fourth-order valence-corrected chi connectivity index (χ4v) is 2.26. The van der Waals surface area contributed by atoms with Gasteiger partial charge in [-0.2, -0.15) is 19.6 Å². The van der Waals surface area contributed by atoms with Crippen LogP contribution in [0.15, 0.2) is 6.33 Å². The summed E-state index contributed by atoms with van der Waals surface area (Å²) in [6, 6.07) is 0. The van der Waals surface area contributed by atoms with Crippen molar-refractivity contribution < 1.29 is 4.74 Å². The highest BCUT2D eigenvalue weighted by molar-refractivity contribution is 6.30. The van der Waals surface area contributed by atoms with Gasteiger partial charge in [0, 0.05) is 12.2 Å². The van der Waals surface area contributed by atoms with Crippen molar-refractivity contribution in [3.63, 3.8) is 0 Å². The molecule has 0 aromatic carbocycles. The SMILES string of the molecule is Cc1c(Cl)nc2ncnn2c1NC1(C)CCOC1. The van der Waals surface area contributed by atoms with Crippen LogP contribution in [0.5, 0.6) is 0 Å². The average molecular weight is 268 g/mol. The molecule has 3 heterocycles. The van der Waals surface area contributed by atoms with E-state index >= 15 is 0 Å². The zero-order chi connectivity index (χ0) is 12.8. The normalized spacial score (nSPS) is 23.7. The van der Waals surface area contributed by atoms with Gasteiger partial charge in [0.1, 0.15) is 17.3 Å². The van der Waals surface area contributed by atoms with E-state index in [2.05, 4.69) is 27.3 Å². The molecule has 0 aliphatic carbocycles. The molecule has 1 aliphatic rings. The molecule has 0 radical (unpaired) electrons. The van der Waals surface area contributed by atoms with Gasteiger partial charge in [0.2, 0.25) is 0 Å². The first kappa shape index (κ1) is 11.7. The van der Waals surface area contributed by atoms with Crippen LogP contribution in [0.25, 0.3) is 5.78 Å². The Morgan fingerprint density at radius 2 is 2.39 bits per heavy atom. The Kier molecular flexibility index (Phi) is 2.64. The third kappa shape index (κ3) is 1.81. The summed E-state index contributed by atoms with van der Waals surface area (Å²) in [5.74, 6) is 1.33. The van der Waals surface area contributed by atoms with Crippen molar-refractivity contribution in [3.8, 4) is 0 Å². The second kappa shape index (κ2) is 4.07. The van der Waals surface area contributed by atoms with Crippen LogP contribution in [-0.4, -0.2) is 38.3 Å². The fourth-order valence-electron chi connectivity index (χ4n) is 2.10. The highest BCUT2D eigenvalue weighted by Gasteiger charge is 2.31. The minimum Gasteiger partial charge on any atom is -0.379 e. The van der Waals surface area contributed by atoms with Gasteiger partial charge >= 0.3 is 0 Å². The zero-order valence-electron chi connectivity index (χ0n) is 10.3. The monoisotopic (exact) mass is 267 g/mol. The lowest BCUT2D eigenvalue weighted by molar-refractivity contribution is 0.185. The van der Waals surface area contributed by atoms with Crippen molar-refractivity contribution in [2.75, 3.05) is 18.5 Å². The number of nitrogens with zero attached hydrogens (tertiary/aromatic N) is 4. The maximum absolute atomic E-state index is 6.12. The number of fused-ring (bicyclic) bond motifs is 1. The lowest BCUT2D eigenvalue weighted by Crippen LogP contribution is -2.36. The first-order valence-electron chi connectivity index (χ1n) is 5.81. The van der Waals surface area contributed by atoms with Gasteiger partial charge in [-0.25, -0.2) is 0 Å². The van der Waals surface area contributed by atoms with Crippen LogP contribution >= 0.6 is 11.6 Å². The van der Waals surface area contributed by atoms with E-state index in [4.69, 9.17) is 16.3 Å². The summed E-state index contributed by atoms with van der Waals surface area (Å²) in [5, 5.41) is 8.09. The molecule has 1 N–H and O–H groups in total. The quantitative estimate of drug-likeness (QED) is 0.839. The Bertz CT molecular complexity index is 590. The number of halogens is 1. The average Bonchev–Trinajstić information content (AvgIpc) is 2.94. The van der Waals surface area contributed by atoms with E-state index in [0.29, 0.717) is 17.5 Å². The van der Waals surface area contributed by atoms with Crippen LogP contribution in [0.1, 0.15) is 18.9 Å². The van der Waals surface area contributed by atoms with E-state index in [0.717, 1.165) is 24.4 Å². The minimum atomic E-state index is -0.103. The molecule has 0 amide bonds. The molecule has 6 nitrogen and oxygen atoms in total. The Hall–Kier alpha value is -1.40. The predicted octanol–water partition coefficient (Wildman–Crippen LogP) is 1.68. The summed E-state index contributed by atoms with van der Waals surface area (Å²) >= 11 is 6.12. The van der Waals surface area contributed by atoms with E-state index in [1.807, 2.05) is 6.92 Å². The molecule has 2 aromatic heterocycles. The summed E-state index contributed by atoms with van der Waals surface area (Å²) in [6.45, 7) is 5.47. The van der Waals surface area contributed by atoms with Gasteiger partial charge in [-0.3, -0.25) is 0 Å². The molecule has 18 heavy (non-hydrogen) atoms.